The second-order valence-electron chi connectivity index (χ2n) is 12.1. The van der Waals surface area contributed by atoms with Gasteiger partial charge in [0, 0.05) is 25.7 Å². The van der Waals surface area contributed by atoms with Crippen LogP contribution in [0.4, 0.5) is 0 Å². The highest BCUT2D eigenvalue weighted by Crippen LogP contribution is 2.34. The number of ether oxygens (including phenoxy) is 4. The molecule has 2 amide bonds. The summed E-state index contributed by atoms with van der Waals surface area (Å²) < 4.78 is 22.8. The van der Waals surface area contributed by atoms with Crippen molar-refractivity contribution in [2.45, 2.75) is 112 Å². The summed E-state index contributed by atoms with van der Waals surface area (Å²) in [6.07, 6.45) is -5.25. The maximum Gasteiger partial charge on any atom is 0.314 e. The summed E-state index contributed by atoms with van der Waals surface area (Å²) in [5.74, 6) is -4.67. The summed E-state index contributed by atoms with van der Waals surface area (Å²) in [5.41, 5.74) is 0. The molecule has 5 atom stereocenters. The molecule has 1 N–H and O–H groups in total. The van der Waals surface area contributed by atoms with Crippen LogP contribution in [-0.2, 0) is 47.7 Å². The molecule has 0 aromatic heterocycles. The standard InChI is InChI=1S/C28H44N2O10/c1-14(2)9-19(31)37-13-18-23(38-20(32)10-15(3)4)24(39-21(33)11-16(5)6)25(40-22(34)12-17(7)8)26-29-27(35)28(36)30(18)26/h14-18,23-26H,9-13H2,1-8H3,(H,29,35)/t18-,23-,24+,25+,26+/m1/s1. The van der Waals surface area contributed by atoms with Gasteiger partial charge in [-0.2, -0.15) is 0 Å². The lowest BCUT2D eigenvalue weighted by Crippen LogP contribution is -2.70. The first-order valence-corrected chi connectivity index (χ1v) is 14.0. The third-order valence-corrected chi connectivity index (χ3v) is 6.22. The van der Waals surface area contributed by atoms with Gasteiger partial charge in [-0.1, -0.05) is 55.4 Å². The Morgan fingerprint density at radius 1 is 0.650 bits per heavy atom. The van der Waals surface area contributed by atoms with E-state index in [1.807, 2.05) is 55.4 Å². The molecule has 2 aliphatic rings. The number of carbonyl (C=O) groups excluding carboxylic acids is 6. The van der Waals surface area contributed by atoms with Gasteiger partial charge in [0.1, 0.15) is 18.8 Å². The molecule has 0 radical (unpaired) electrons. The van der Waals surface area contributed by atoms with Crippen LogP contribution in [0.1, 0.15) is 81.1 Å². The van der Waals surface area contributed by atoms with Crippen LogP contribution in [0.15, 0.2) is 0 Å². The molecule has 2 heterocycles. The molecule has 2 fully saturated rings. The molecule has 0 saturated carbocycles. The third kappa shape index (κ3) is 9.19. The minimum Gasteiger partial charge on any atom is -0.463 e. The summed E-state index contributed by atoms with van der Waals surface area (Å²) >= 11 is 0. The number of amides is 2. The van der Waals surface area contributed by atoms with Gasteiger partial charge in [-0.25, -0.2) is 0 Å². The van der Waals surface area contributed by atoms with Gasteiger partial charge in [0.05, 0.1) is 0 Å². The van der Waals surface area contributed by atoms with Crippen molar-refractivity contribution in [3.8, 4) is 0 Å². The topological polar surface area (TPSA) is 155 Å². The quantitative estimate of drug-likeness (QED) is 0.198. The highest BCUT2D eigenvalue weighted by atomic mass is 16.6. The number of hydrogen-bond donors (Lipinski definition) is 1. The first kappa shape index (κ1) is 33.0. The van der Waals surface area contributed by atoms with Crippen LogP contribution in [-0.4, -0.2) is 77.7 Å². The molecular weight excluding hydrogens is 524 g/mol. The van der Waals surface area contributed by atoms with Crippen molar-refractivity contribution in [2.75, 3.05) is 6.61 Å². The zero-order valence-electron chi connectivity index (χ0n) is 24.8. The summed E-state index contributed by atoms with van der Waals surface area (Å²) in [6.45, 7) is 14.1. The molecule has 0 aliphatic carbocycles. The fraction of sp³-hybridized carbons (Fsp3) is 0.786. The van der Waals surface area contributed by atoms with E-state index in [2.05, 4.69) is 5.32 Å². The molecule has 0 spiro atoms. The highest BCUT2D eigenvalue weighted by Gasteiger charge is 2.61. The van der Waals surface area contributed by atoms with E-state index < -0.39 is 72.8 Å². The van der Waals surface area contributed by atoms with E-state index in [1.165, 1.54) is 0 Å². The SMILES string of the molecule is CC(C)CC(=O)OC[C@@H]1[C@@H](OC(=O)CC(C)C)[C@H](OC(=O)CC(C)C)[C@H](OC(=O)CC(C)C)[C@H]2NC(=O)C(=O)N12. The maximum absolute atomic E-state index is 13.0. The van der Waals surface area contributed by atoms with Crippen molar-refractivity contribution in [1.82, 2.24) is 10.2 Å². The van der Waals surface area contributed by atoms with Crippen molar-refractivity contribution in [2.24, 2.45) is 23.7 Å². The summed E-state index contributed by atoms with van der Waals surface area (Å²) in [6, 6.07) is -1.19. The van der Waals surface area contributed by atoms with E-state index in [1.54, 1.807) is 0 Å². The third-order valence-electron chi connectivity index (χ3n) is 6.22. The van der Waals surface area contributed by atoms with E-state index in [9.17, 15) is 28.8 Å². The van der Waals surface area contributed by atoms with Crippen LogP contribution in [0.2, 0.25) is 0 Å². The summed E-state index contributed by atoms with van der Waals surface area (Å²) in [5, 5.41) is 2.50. The average molecular weight is 569 g/mol. The van der Waals surface area contributed by atoms with Crippen molar-refractivity contribution in [3.05, 3.63) is 0 Å². The molecule has 0 unspecified atom stereocenters. The second kappa shape index (κ2) is 14.5. The monoisotopic (exact) mass is 568 g/mol. The van der Waals surface area contributed by atoms with Gasteiger partial charge in [-0.15, -0.1) is 0 Å². The number of fused-ring (bicyclic) bond motifs is 1. The molecular formula is C28H44N2O10. The lowest BCUT2D eigenvalue weighted by Gasteiger charge is -2.48. The van der Waals surface area contributed by atoms with Crippen molar-refractivity contribution >= 4 is 35.7 Å². The zero-order chi connectivity index (χ0) is 30.3. The Morgan fingerprint density at radius 2 is 1.05 bits per heavy atom. The van der Waals surface area contributed by atoms with Gasteiger partial charge in [0.15, 0.2) is 18.3 Å². The Balaban J connectivity index is 2.58. The van der Waals surface area contributed by atoms with Crippen LogP contribution < -0.4 is 5.32 Å². The van der Waals surface area contributed by atoms with Crippen molar-refractivity contribution < 1.29 is 47.7 Å². The first-order valence-electron chi connectivity index (χ1n) is 14.0. The van der Waals surface area contributed by atoms with Gasteiger partial charge in [0.2, 0.25) is 0 Å². The number of piperidine rings is 1. The first-order chi connectivity index (χ1) is 18.6. The number of hydrogen-bond acceptors (Lipinski definition) is 10. The molecule has 2 aliphatic heterocycles. The Bertz CT molecular complexity index is 961. The zero-order valence-corrected chi connectivity index (χ0v) is 24.8. The summed E-state index contributed by atoms with van der Waals surface area (Å²) in [4.78, 5) is 77.7. The Hall–Kier alpha value is -3.18. The van der Waals surface area contributed by atoms with E-state index in [0.717, 1.165) is 4.90 Å². The van der Waals surface area contributed by atoms with Gasteiger partial charge < -0.3 is 24.3 Å². The van der Waals surface area contributed by atoms with E-state index in [-0.39, 0.29) is 49.4 Å². The molecule has 2 saturated heterocycles. The molecule has 0 aromatic carbocycles. The number of rotatable bonds is 13. The largest absolute Gasteiger partial charge is 0.463 e. The fourth-order valence-corrected chi connectivity index (χ4v) is 4.61. The molecule has 0 bridgehead atoms. The predicted octanol–water partition coefficient (Wildman–Crippen LogP) is 2.12. The van der Waals surface area contributed by atoms with Crippen molar-refractivity contribution in [1.29, 1.82) is 0 Å². The van der Waals surface area contributed by atoms with Gasteiger partial charge in [-0.05, 0) is 23.7 Å². The minimum absolute atomic E-state index is 0.00239. The number of carbonyl (C=O) groups is 6. The number of nitrogens with one attached hydrogen (secondary N) is 1. The second-order valence-corrected chi connectivity index (χ2v) is 12.1. The van der Waals surface area contributed by atoms with E-state index in [4.69, 9.17) is 18.9 Å². The lowest BCUT2D eigenvalue weighted by atomic mass is 9.91. The van der Waals surface area contributed by atoms with Gasteiger partial charge in [-0.3, -0.25) is 33.7 Å². The predicted molar refractivity (Wildman–Crippen MR) is 141 cm³/mol. The van der Waals surface area contributed by atoms with Crippen LogP contribution in [0.25, 0.3) is 0 Å². The van der Waals surface area contributed by atoms with Crippen molar-refractivity contribution in [3.63, 3.8) is 0 Å². The Kier molecular flexibility index (Phi) is 11.9. The normalized spacial score (nSPS) is 24.3. The molecule has 2 rings (SSSR count). The molecule has 12 nitrogen and oxygen atoms in total. The lowest BCUT2D eigenvalue weighted by molar-refractivity contribution is -0.219. The van der Waals surface area contributed by atoms with Gasteiger partial charge >= 0.3 is 35.7 Å². The molecule has 0 aromatic rings. The number of esters is 4. The Morgan fingerprint density at radius 3 is 1.50 bits per heavy atom. The van der Waals surface area contributed by atoms with Crippen LogP contribution in [0.3, 0.4) is 0 Å². The molecule has 226 valence electrons. The minimum atomic E-state index is -1.39. The van der Waals surface area contributed by atoms with E-state index in [0.29, 0.717) is 0 Å². The Labute approximate surface area is 235 Å². The average Bonchev–Trinajstić information content (AvgIpc) is 3.07. The molecule has 40 heavy (non-hydrogen) atoms. The summed E-state index contributed by atoms with van der Waals surface area (Å²) in [7, 11) is 0. The number of nitrogens with zero attached hydrogens (tertiary/aromatic N) is 1. The highest BCUT2D eigenvalue weighted by molar-refractivity contribution is 6.37. The van der Waals surface area contributed by atoms with Crippen LogP contribution in [0, 0.1) is 23.7 Å². The maximum atomic E-state index is 13.0. The smallest absolute Gasteiger partial charge is 0.314 e. The fourth-order valence-electron chi connectivity index (χ4n) is 4.61. The molecule has 12 heteroatoms. The van der Waals surface area contributed by atoms with Crippen LogP contribution in [0.5, 0.6) is 0 Å². The van der Waals surface area contributed by atoms with Gasteiger partial charge in [0.25, 0.3) is 0 Å². The van der Waals surface area contributed by atoms with E-state index >= 15 is 0 Å². The van der Waals surface area contributed by atoms with Crippen LogP contribution >= 0.6 is 0 Å².